The smallest absolute Gasteiger partial charge is 0.244 e. The van der Waals surface area contributed by atoms with E-state index in [1.54, 1.807) is 20.0 Å². The summed E-state index contributed by atoms with van der Waals surface area (Å²) in [6, 6.07) is 1.43. The molecule has 1 fully saturated rings. The van der Waals surface area contributed by atoms with Crippen molar-refractivity contribution >= 4 is 10.0 Å². The molecular formula is C13H22N2O4S. The van der Waals surface area contributed by atoms with E-state index in [9.17, 15) is 8.42 Å². The quantitative estimate of drug-likeness (QED) is 0.820. The molecule has 0 saturated carbocycles. The molecule has 1 aromatic rings. The van der Waals surface area contributed by atoms with E-state index in [1.807, 2.05) is 6.92 Å². The van der Waals surface area contributed by atoms with Gasteiger partial charge in [0.15, 0.2) is 0 Å². The van der Waals surface area contributed by atoms with E-state index in [0.29, 0.717) is 31.3 Å². The highest BCUT2D eigenvalue weighted by atomic mass is 32.2. The lowest BCUT2D eigenvalue weighted by atomic mass is 10.0. The Kier molecular flexibility index (Phi) is 4.85. The number of hydrogen-bond acceptors (Lipinski definition) is 5. The highest BCUT2D eigenvalue weighted by Gasteiger charge is 2.28. The zero-order valence-electron chi connectivity index (χ0n) is 12.1. The van der Waals surface area contributed by atoms with Gasteiger partial charge in [0.05, 0.1) is 13.2 Å². The Hall–Kier alpha value is -0.890. The molecule has 2 unspecified atom stereocenters. The van der Waals surface area contributed by atoms with Crippen LogP contribution in [0.1, 0.15) is 24.9 Å². The Morgan fingerprint density at radius 2 is 2.25 bits per heavy atom. The number of sulfonamides is 1. The van der Waals surface area contributed by atoms with E-state index in [1.165, 1.54) is 0 Å². The maximum Gasteiger partial charge on any atom is 0.244 e. The first-order valence-electron chi connectivity index (χ1n) is 6.78. The van der Waals surface area contributed by atoms with Crippen LogP contribution in [-0.2, 0) is 21.3 Å². The first-order chi connectivity index (χ1) is 9.44. The summed E-state index contributed by atoms with van der Waals surface area (Å²) in [4.78, 5) is 0.216. The van der Waals surface area contributed by atoms with Crippen molar-refractivity contribution in [2.24, 2.45) is 5.92 Å². The molecule has 0 radical (unpaired) electrons. The zero-order chi connectivity index (χ0) is 14.8. The minimum atomic E-state index is -3.55. The van der Waals surface area contributed by atoms with Crippen molar-refractivity contribution in [3.8, 4) is 0 Å². The summed E-state index contributed by atoms with van der Waals surface area (Å²) >= 11 is 0. The van der Waals surface area contributed by atoms with Gasteiger partial charge in [-0.25, -0.2) is 13.1 Å². The van der Waals surface area contributed by atoms with E-state index >= 15 is 0 Å². The highest BCUT2D eigenvalue weighted by molar-refractivity contribution is 7.89. The van der Waals surface area contributed by atoms with Gasteiger partial charge in [-0.05, 0) is 27.3 Å². The van der Waals surface area contributed by atoms with Crippen molar-refractivity contribution in [3.63, 3.8) is 0 Å². The molecule has 2 atom stereocenters. The number of furan rings is 1. The fraction of sp³-hybridized carbons (Fsp3) is 0.692. The Labute approximate surface area is 119 Å². The summed E-state index contributed by atoms with van der Waals surface area (Å²) in [5.74, 6) is 1.26. The third-order valence-corrected chi connectivity index (χ3v) is 5.24. The number of rotatable bonds is 6. The van der Waals surface area contributed by atoms with Crippen LogP contribution in [0.5, 0.6) is 0 Å². The molecular weight excluding hydrogens is 280 g/mol. The molecule has 1 saturated heterocycles. The van der Waals surface area contributed by atoms with Crippen molar-refractivity contribution in [1.82, 2.24) is 10.0 Å². The van der Waals surface area contributed by atoms with Gasteiger partial charge < -0.3 is 14.5 Å². The molecule has 1 aliphatic rings. The predicted octanol–water partition coefficient (Wildman–Crippen LogP) is 1.01. The van der Waals surface area contributed by atoms with Crippen LogP contribution in [0.15, 0.2) is 15.4 Å². The maximum absolute atomic E-state index is 12.4. The highest BCUT2D eigenvalue weighted by Crippen LogP contribution is 2.22. The number of hydrogen-bond donors (Lipinski definition) is 2. The van der Waals surface area contributed by atoms with Gasteiger partial charge in [0.25, 0.3) is 0 Å². The van der Waals surface area contributed by atoms with Crippen molar-refractivity contribution in [1.29, 1.82) is 0 Å². The molecule has 7 heteroatoms. The molecule has 6 nitrogen and oxygen atoms in total. The van der Waals surface area contributed by atoms with E-state index in [0.717, 1.165) is 6.42 Å². The molecule has 114 valence electrons. The third kappa shape index (κ3) is 3.41. The maximum atomic E-state index is 12.4. The monoisotopic (exact) mass is 302 g/mol. The van der Waals surface area contributed by atoms with E-state index in [4.69, 9.17) is 9.15 Å². The van der Waals surface area contributed by atoms with Gasteiger partial charge in [0, 0.05) is 24.6 Å². The van der Waals surface area contributed by atoms with Crippen molar-refractivity contribution in [2.75, 3.05) is 20.3 Å². The van der Waals surface area contributed by atoms with Crippen LogP contribution in [0.25, 0.3) is 0 Å². The summed E-state index contributed by atoms with van der Waals surface area (Å²) in [7, 11) is -1.77. The van der Waals surface area contributed by atoms with Gasteiger partial charge in [-0.2, -0.15) is 0 Å². The average molecular weight is 302 g/mol. The van der Waals surface area contributed by atoms with Crippen LogP contribution in [0.3, 0.4) is 0 Å². The summed E-state index contributed by atoms with van der Waals surface area (Å²) in [5.41, 5.74) is 0. The van der Waals surface area contributed by atoms with Gasteiger partial charge >= 0.3 is 0 Å². The molecule has 0 amide bonds. The van der Waals surface area contributed by atoms with Crippen LogP contribution in [0.4, 0.5) is 0 Å². The van der Waals surface area contributed by atoms with Crippen molar-refractivity contribution in [3.05, 3.63) is 17.6 Å². The molecule has 2 rings (SSSR count). The van der Waals surface area contributed by atoms with E-state index in [2.05, 4.69) is 10.0 Å². The SMILES string of the molecule is CNCc1cc(S(=O)(=O)NC(C)C2CCOC2)c(C)o1. The Morgan fingerprint density at radius 3 is 2.85 bits per heavy atom. The largest absolute Gasteiger partial charge is 0.464 e. The summed E-state index contributed by atoms with van der Waals surface area (Å²) < 4.78 is 38.3. The molecule has 0 spiro atoms. The average Bonchev–Trinajstić information content (AvgIpc) is 2.98. The fourth-order valence-corrected chi connectivity index (χ4v) is 3.92. The van der Waals surface area contributed by atoms with Crippen LogP contribution in [-0.4, -0.2) is 34.7 Å². The number of nitrogens with one attached hydrogen (secondary N) is 2. The van der Waals surface area contributed by atoms with Gasteiger partial charge in [-0.3, -0.25) is 0 Å². The normalized spacial score (nSPS) is 21.2. The molecule has 20 heavy (non-hydrogen) atoms. The zero-order valence-corrected chi connectivity index (χ0v) is 12.9. The first kappa shape index (κ1) is 15.5. The molecule has 1 aliphatic heterocycles. The second kappa shape index (κ2) is 6.26. The minimum Gasteiger partial charge on any atom is -0.464 e. The van der Waals surface area contributed by atoms with E-state index < -0.39 is 10.0 Å². The van der Waals surface area contributed by atoms with Gasteiger partial charge in [-0.1, -0.05) is 0 Å². The lowest BCUT2D eigenvalue weighted by Gasteiger charge is -2.18. The molecule has 0 aliphatic carbocycles. The number of ether oxygens (including phenoxy) is 1. The number of aryl methyl sites for hydroxylation is 1. The molecule has 1 aromatic heterocycles. The van der Waals surface area contributed by atoms with Crippen LogP contribution in [0.2, 0.25) is 0 Å². The first-order valence-corrected chi connectivity index (χ1v) is 8.26. The summed E-state index contributed by atoms with van der Waals surface area (Å²) in [5, 5.41) is 2.94. The van der Waals surface area contributed by atoms with Crippen molar-refractivity contribution in [2.45, 2.75) is 37.8 Å². The second-order valence-corrected chi connectivity index (χ2v) is 6.88. The van der Waals surface area contributed by atoms with Crippen molar-refractivity contribution < 1.29 is 17.6 Å². The van der Waals surface area contributed by atoms with Crippen LogP contribution >= 0.6 is 0 Å². The Bertz CT molecular complexity index is 547. The predicted molar refractivity (Wildman–Crippen MR) is 74.9 cm³/mol. The second-order valence-electron chi connectivity index (χ2n) is 5.20. The summed E-state index contributed by atoms with van der Waals surface area (Å²) in [6.45, 7) is 5.35. The van der Waals surface area contributed by atoms with Crippen LogP contribution in [0, 0.1) is 12.8 Å². The summed E-state index contributed by atoms with van der Waals surface area (Å²) in [6.07, 6.45) is 0.888. The topological polar surface area (TPSA) is 80.6 Å². The van der Waals surface area contributed by atoms with E-state index in [-0.39, 0.29) is 16.9 Å². The molecule has 2 N–H and O–H groups in total. The van der Waals surface area contributed by atoms with Gasteiger partial charge in [-0.15, -0.1) is 0 Å². The lowest BCUT2D eigenvalue weighted by molar-refractivity contribution is 0.180. The molecule has 2 heterocycles. The van der Waals surface area contributed by atoms with Gasteiger partial charge in [0.1, 0.15) is 16.4 Å². The van der Waals surface area contributed by atoms with Crippen LogP contribution < -0.4 is 10.0 Å². The fourth-order valence-electron chi connectivity index (χ4n) is 2.40. The Morgan fingerprint density at radius 1 is 1.50 bits per heavy atom. The third-order valence-electron chi connectivity index (χ3n) is 3.58. The Balaban J connectivity index is 2.13. The standard InChI is InChI=1S/C13H22N2O4S/c1-9(11-4-5-18-8-11)15-20(16,17)13-6-12(7-14-3)19-10(13)2/h6,9,11,14-15H,4-5,7-8H2,1-3H3. The molecule has 0 bridgehead atoms. The molecule has 0 aromatic carbocycles. The lowest BCUT2D eigenvalue weighted by Crippen LogP contribution is -2.38. The minimum absolute atomic E-state index is 0.149. The van der Waals surface area contributed by atoms with Gasteiger partial charge in [0.2, 0.25) is 10.0 Å².